The van der Waals surface area contributed by atoms with Crippen molar-refractivity contribution in [2.75, 3.05) is 18.4 Å². The Bertz CT molecular complexity index is 1420. The summed E-state index contributed by atoms with van der Waals surface area (Å²) in [5.74, 6) is 1.65. The number of H-pyrrole nitrogens is 1. The first kappa shape index (κ1) is 22.1. The van der Waals surface area contributed by atoms with Crippen LogP contribution in [-0.2, 0) is 4.79 Å². The van der Waals surface area contributed by atoms with Crippen LogP contribution in [0.4, 0.5) is 5.82 Å². The summed E-state index contributed by atoms with van der Waals surface area (Å²) < 4.78 is 6.12. The van der Waals surface area contributed by atoms with Crippen molar-refractivity contribution in [3.05, 3.63) is 77.8 Å². The van der Waals surface area contributed by atoms with Crippen molar-refractivity contribution in [2.45, 2.75) is 19.4 Å². The number of ether oxygens (including phenoxy) is 1. The molecule has 0 radical (unpaired) electrons. The number of aromatic nitrogens is 4. The van der Waals surface area contributed by atoms with Crippen molar-refractivity contribution in [1.29, 1.82) is 5.26 Å². The number of fused-ring (bicyclic) bond motifs is 1. The van der Waals surface area contributed by atoms with Gasteiger partial charge in [-0.05, 0) is 43.7 Å². The highest BCUT2D eigenvalue weighted by molar-refractivity contribution is 6.01. The predicted octanol–water partition coefficient (Wildman–Crippen LogP) is 4.07. The van der Waals surface area contributed by atoms with Crippen molar-refractivity contribution in [2.24, 2.45) is 0 Å². The standard InChI is InChI=1S/C26H23N7O2/c1-17-5-7-21(8-6-17)35-22-9-12-29-24-23(22)25(32-31-24)30-20-10-13-33(16-20)26(34)18(15-27)14-19-4-2-3-11-28-19/h2-9,11-12,14,20H,10,13,16H2,1H3,(H2,29,30,31,32)/b18-14+/t20-/m1/s1. The fraction of sp³-hybridized carbons (Fsp3) is 0.192. The highest BCUT2D eigenvalue weighted by Crippen LogP contribution is 2.33. The molecule has 174 valence electrons. The molecule has 5 rings (SSSR count). The van der Waals surface area contributed by atoms with Gasteiger partial charge in [-0.25, -0.2) is 4.98 Å². The topological polar surface area (TPSA) is 120 Å². The third-order valence-corrected chi connectivity index (χ3v) is 5.82. The monoisotopic (exact) mass is 465 g/mol. The zero-order chi connectivity index (χ0) is 24.2. The molecule has 1 amide bonds. The quantitative estimate of drug-likeness (QED) is 0.325. The molecule has 9 heteroatoms. The van der Waals surface area contributed by atoms with Crippen LogP contribution in [-0.4, -0.2) is 50.1 Å². The van der Waals surface area contributed by atoms with E-state index in [2.05, 4.69) is 25.5 Å². The van der Waals surface area contributed by atoms with E-state index >= 15 is 0 Å². The number of anilines is 1. The van der Waals surface area contributed by atoms with Gasteiger partial charge in [0.1, 0.15) is 28.5 Å². The Kier molecular flexibility index (Phi) is 6.09. The Labute approximate surface area is 202 Å². The van der Waals surface area contributed by atoms with E-state index < -0.39 is 0 Å². The average Bonchev–Trinajstić information content (AvgIpc) is 3.52. The second-order valence-electron chi connectivity index (χ2n) is 8.33. The zero-order valence-electron chi connectivity index (χ0n) is 19.1. The lowest BCUT2D eigenvalue weighted by Crippen LogP contribution is -2.32. The minimum Gasteiger partial charge on any atom is -0.456 e. The molecule has 4 heterocycles. The summed E-state index contributed by atoms with van der Waals surface area (Å²) in [5.41, 5.74) is 2.39. The number of carbonyl (C=O) groups is 1. The number of nitriles is 1. The van der Waals surface area contributed by atoms with Crippen molar-refractivity contribution in [3.8, 4) is 17.6 Å². The van der Waals surface area contributed by atoms with Crippen LogP contribution < -0.4 is 10.1 Å². The maximum absolute atomic E-state index is 13.0. The Balaban J connectivity index is 1.31. The van der Waals surface area contributed by atoms with E-state index in [-0.39, 0.29) is 17.5 Å². The number of rotatable bonds is 6. The zero-order valence-corrected chi connectivity index (χ0v) is 19.1. The van der Waals surface area contributed by atoms with Crippen molar-refractivity contribution in [3.63, 3.8) is 0 Å². The Morgan fingerprint density at radius 2 is 2.06 bits per heavy atom. The molecule has 1 atom stereocenters. The molecule has 0 unspecified atom stereocenters. The largest absolute Gasteiger partial charge is 0.456 e. The first-order valence-corrected chi connectivity index (χ1v) is 11.3. The smallest absolute Gasteiger partial charge is 0.264 e. The van der Waals surface area contributed by atoms with Gasteiger partial charge in [-0.3, -0.25) is 14.9 Å². The number of hydrogen-bond donors (Lipinski definition) is 2. The lowest BCUT2D eigenvalue weighted by atomic mass is 10.2. The van der Waals surface area contributed by atoms with Gasteiger partial charge >= 0.3 is 0 Å². The first-order valence-electron chi connectivity index (χ1n) is 11.3. The van der Waals surface area contributed by atoms with E-state index in [1.165, 1.54) is 6.08 Å². The van der Waals surface area contributed by atoms with Crippen LogP contribution in [0.3, 0.4) is 0 Å². The summed E-state index contributed by atoms with van der Waals surface area (Å²) in [7, 11) is 0. The molecular formula is C26H23N7O2. The Morgan fingerprint density at radius 1 is 1.20 bits per heavy atom. The third-order valence-electron chi connectivity index (χ3n) is 5.82. The lowest BCUT2D eigenvalue weighted by Gasteiger charge is -2.17. The Morgan fingerprint density at radius 3 is 2.83 bits per heavy atom. The average molecular weight is 466 g/mol. The summed E-state index contributed by atoms with van der Waals surface area (Å²) in [6.45, 7) is 3.00. The molecule has 9 nitrogen and oxygen atoms in total. The van der Waals surface area contributed by atoms with Crippen LogP contribution in [0.5, 0.6) is 11.5 Å². The van der Waals surface area contributed by atoms with E-state index in [9.17, 15) is 10.1 Å². The van der Waals surface area contributed by atoms with E-state index in [0.717, 1.165) is 23.1 Å². The van der Waals surface area contributed by atoms with Gasteiger partial charge in [-0.15, -0.1) is 0 Å². The van der Waals surface area contributed by atoms with Crippen molar-refractivity contribution in [1.82, 2.24) is 25.1 Å². The van der Waals surface area contributed by atoms with Gasteiger partial charge in [0.25, 0.3) is 5.91 Å². The fourth-order valence-corrected chi connectivity index (χ4v) is 4.02. The number of amides is 1. The summed E-state index contributed by atoms with van der Waals surface area (Å²) in [4.78, 5) is 23.2. The maximum atomic E-state index is 13.0. The highest BCUT2D eigenvalue weighted by Gasteiger charge is 2.29. The normalized spacial score (nSPS) is 15.7. The molecule has 2 N–H and O–H groups in total. The van der Waals surface area contributed by atoms with Gasteiger partial charge in [0.05, 0.1) is 5.69 Å². The number of pyridine rings is 2. The second kappa shape index (κ2) is 9.65. The molecule has 35 heavy (non-hydrogen) atoms. The number of hydrogen-bond acceptors (Lipinski definition) is 7. The molecular weight excluding hydrogens is 442 g/mol. The van der Waals surface area contributed by atoms with Crippen LogP contribution in [0.25, 0.3) is 17.1 Å². The molecule has 0 bridgehead atoms. The number of likely N-dealkylation sites (tertiary alicyclic amines) is 1. The van der Waals surface area contributed by atoms with Crippen LogP contribution >= 0.6 is 0 Å². The molecule has 1 aliphatic heterocycles. The van der Waals surface area contributed by atoms with Crippen LogP contribution in [0.2, 0.25) is 0 Å². The lowest BCUT2D eigenvalue weighted by molar-refractivity contribution is -0.125. The van der Waals surface area contributed by atoms with Gasteiger partial charge in [0, 0.05) is 37.6 Å². The van der Waals surface area contributed by atoms with E-state index in [0.29, 0.717) is 36.0 Å². The predicted molar refractivity (Wildman–Crippen MR) is 132 cm³/mol. The molecule has 1 fully saturated rings. The van der Waals surface area contributed by atoms with Gasteiger partial charge < -0.3 is 15.0 Å². The number of aryl methyl sites for hydroxylation is 1. The van der Waals surface area contributed by atoms with Gasteiger partial charge in [-0.1, -0.05) is 23.8 Å². The van der Waals surface area contributed by atoms with Crippen LogP contribution in [0, 0.1) is 18.3 Å². The molecule has 0 saturated carbocycles. The van der Waals surface area contributed by atoms with Gasteiger partial charge in [0.15, 0.2) is 11.5 Å². The summed E-state index contributed by atoms with van der Waals surface area (Å²) in [5, 5.41) is 21.0. The number of nitrogens with zero attached hydrogens (tertiary/aromatic N) is 5. The fourth-order valence-electron chi connectivity index (χ4n) is 4.02. The minimum atomic E-state index is -0.306. The molecule has 1 aliphatic rings. The molecule has 1 saturated heterocycles. The van der Waals surface area contributed by atoms with E-state index in [1.54, 1.807) is 35.5 Å². The summed E-state index contributed by atoms with van der Waals surface area (Å²) >= 11 is 0. The van der Waals surface area contributed by atoms with Gasteiger partial charge in [-0.2, -0.15) is 10.4 Å². The van der Waals surface area contributed by atoms with Crippen LogP contribution in [0.1, 0.15) is 17.7 Å². The molecule has 1 aromatic carbocycles. The maximum Gasteiger partial charge on any atom is 0.264 e. The number of carbonyl (C=O) groups excluding carboxylic acids is 1. The molecule has 3 aromatic heterocycles. The second-order valence-corrected chi connectivity index (χ2v) is 8.33. The number of benzene rings is 1. The Hall–Kier alpha value is -4.71. The summed E-state index contributed by atoms with van der Waals surface area (Å²) in [6.07, 6.45) is 5.53. The summed E-state index contributed by atoms with van der Waals surface area (Å²) in [6, 6.07) is 16.9. The van der Waals surface area contributed by atoms with Crippen molar-refractivity contribution >= 4 is 28.8 Å². The first-order chi connectivity index (χ1) is 17.1. The SMILES string of the molecule is Cc1ccc(Oc2ccnc3[nH]nc(N[C@@H]4CCN(C(=O)/C(C#N)=C/c5ccccn5)C4)c23)cc1. The number of nitrogens with one attached hydrogen (secondary N) is 2. The highest BCUT2D eigenvalue weighted by atomic mass is 16.5. The van der Waals surface area contributed by atoms with Crippen LogP contribution in [0.15, 0.2) is 66.5 Å². The third kappa shape index (κ3) is 4.82. The molecule has 0 aliphatic carbocycles. The van der Waals surface area contributed by atoms with Crippen molar-refractivity contribution < 1.29 is 9.53 Å². The van der Waals surface area contributed by atoms with E-state index in [1.807, 2.05) is 43.3 Å². The minimum absolute atomic E-state index is 0.0346. The molecule has 4 aromatic rings. The van der Waals surface area contributed by atoms with Gasteiger partial charge in [0.2, 0.25) is 0 Å². The number of aromatic amines is 1. The van der Waals surface area contributed by atoms with E-state index in [4.69, 9.17) is 4.74 Å². The molecule has 0 spiro atoms.